The Morgan fingerprint density at radius 1 is 1.50 bits per heavy atom. The van der Waals surface area contributed by atoms with Crippen molar-refractivity contribution in [2.24, 2.45) is 5.92 Å². The quantitative estimate of drug-likeness (QED) is 0.746. The van der Waals surface area contributed by atoms with Crippen LogP contribution in [0.4, 0.5) is 4.79 Å². The summed E-state index contributed by atoms with van der Waals surface area (Å²) in [5.74, 6) is 0.603. The van der Waals surface area contributed by atoms with E-state index in [1.54, 1.807) is 0 Å². The number of hydrogen-bond donors (Lipinski definition) is 2. The highest BCUT2D eigenvalue weighted by Gasteiger charge is 2.35. The van der Waals surface area contributed by atoms with Gasteiger partial charge in [-0.05, 0) is 38.0 Å². The van der Waals surface area contributed by atoms with E-state index in [1.807, 2.05) is 4.90 Å². The number of carbonyl (C=O) groups is 1. The second-order valence-electron chi connectivity index (χ2n) is 5.43. The lowest BCUT2D eigenvalue weighted by Gasteiger charge is -2.38. The lowest BCUT2D eigenvalue weighted by molar-refractivity contribution is -0.0299. The van der Waals surface area contributed by atoms with Crippen molar-refractivity contribution >= 4 is 6.03 Å². The average Bonchev–Trinajstić information content (AvgIpc) is 2.23. The number of likely N-dealkylation sites (tertiary alicyclic amines) is 1. The Hall–Kier alpha value is -0.770. The molecule has 4 heteroatoms. The van der Waals surface area contributed by atoms with Crippen molar-refractivity contribution in [2.45, 2.75) is 44.6 Å². The molecule has 0 aromatic carbocycles. The van der Waals surface area contributed by atoms with Crippen molar-refractivity contribution < 1.29 is 9.90 Å². The fourth-order valence-electron chi connectivity index (χ4n) is 2.49. The van der Waals surface area contributed by atoms with Crippen LogP contribution in [0.1, 0.15) is 39.0 Å². The first-order valence-electron chi connectivity index (χ1n) is 6.34. The fraction of sp³-hybridized carbons (Fsp3) is 0.917. The molecule has 0 aromatic heterocycles. The maximum Gasteiger partial charge on any atom is 0.317 e. The van der Waals surface area contributed by atoms with Gasteiger partial charge in [0, 0.05) is 19.6 Å². The number of nitrogens with one attached hydrogen (secondary N) is 1. The highest BCUT2D eigenvalue weighted by Crippen LogP contribution is 2.30. The molecule has 1 unspecified atom stereocenters. The number of carbonyl (C=O) groups excluding carboxylic acids is 1. The maximum absolute atomic E-state index is 11.8. The third kappa shape index (κ3) is 2.67. The Bertz CT molecular complexity index is 264. The molecule has 2 fully saturated rings. The number of rotatable bonds is 2. The Morgan fingerprint density at radius 3 is 2.81 bits per heavy atom. The molecule has 2 amide bonds. The van der Waals surface area contributed by atoms with Gasteiger partial charge in [-0.3, -0.25) is 0 Å². The SMILES string of the molecule is CC1CCCN(C(=O)NCC2(O)CCC2)C1. The minimum Gasteiger partial charge on any atom is -0.388 e. The van der Waals surface area contributed by atoms with Crippen molar-refractivity contribution in [2.75, 3.05) is 19.6 Å². The van der Waals surface area contributed by atoms with E-state index >= 15 is 0 Å². The van der Waals surface area contributed by atoms with Gasteiger partial charge in [-0.1, -0.05) is 6.92 Å². The van der Waals surface area contributed by atoms with Crippen molar-refractivity contribution in [3.05, 3.63) is 0 Å². The summed E-state index contributed by atoms with van der Waals surface area (Å²) in [6, 6.07) is -0.00752. The first kappa shape index (κ1) is 11.7. The summed E-state index contributed by atoms with van der Waals surface area (Å²) < 4.78 is 0. The number of aliphatic hydroxyl groups is 1. The second-order valence-corrected chi connectivity index (χ2v) is 5.43. The van der Waals surface area contributed by atoms with E-state index in [-0.39, 0.29) is 6.03 Å². The predicted octanol–water partition coefficient (Wildman–Crippen LogP) is 1.34. The molecule has 1 aliphatic carbocycles. The van der Waals surface area contributed by atoms with Crippen LogP contribution in [0, 0.1) is 5.92 Å². The summed E-state index contributed by atoms with van der Waals surface area (Å²) >= 11 is 0. The van der Waals surface area contributed by atoms with Crippen molar-refractivity contribution in [1.82, 2.24) is 10.2 Å². The van der Waals surface area contributed by atoms with Crippen LogP contribution in [0.25, 0.3) is 0 Å². The topological polar surface area (TPSA) is 52.6 Å². The van der Waals surface area contributed by atoms with Gasteiger partial charge >= 0.3 is 6.03 Å². The number of urea groups is 1. The average molecular weight is 226 g/mol. The zero-order valence-electron chi connectivity index (χ0n) is 10.0. The van der Waals surface area contributed by atoms with Gasteiger partial charge in [-0.15, -0.1) is 0 Å². The van der Waals surface area contributed by atoms with E-state index < -0.39 is 5.60 Å². The fourth-order valence-corrected chi connectivity index (χ4v) is 2.49. The molecule has 2 aliphatic rings. The van der Waals surface area contributed by atoms with E-state index in [4.69, 9.17) is 0 Å². The molecule has 1 atom stereocenters. The molecular formula is C12H22N2O2. The molecule has 1 aliphatic heterocycles. The summed E-state index contributed by atoms with van der Waals surface area (Å²) in [6.07, 6.45) is 5.03. The molecule has 0 spiro atoms. The largest absolute Gasteiger partial charge is 0.388 e. The van der Waals surface area contributed by atoms with Crippen LogP contribution in [0.5, 0.6) is 0 Å². The molecule has 1 saturated heterocycles. The Balaban J connectivity index is 1.74. The summed E-state index contributed by atoms with van der Waals surface area (Å²) in [6.45, 7) is 4.30. The van der Waals surface area contributed by atoms with Crippen molar-refractivity contribution in [3.8, 4) is 0 Å². The Morgan fingerprint density at radius 2 is 2.25 bits per heavy atom. The molecule has 1 heterocycles. The van der Waals surface area contributed by atoms with Crippen LogP contribution in [0.15, 0.2) is 0 Å². The lowest BCUT2D eigenvalue weighted by Crippen LogP contribution is -2.52. The molecule has 2 rings (SSSR count). The summed E-state index contributed by atoms with van der Waals surface area (Å²) in [4.78, 5) is 13.7. The van der Waals surface area contributed by atoms with Gasteiger partial charge in [0.15, 0.2) is 0 Å². The summed E-state index contributed by atoms with van der Waals surface area (Å²) in [5.41, 5.74) is -0.614. The van der Waals surface area contributed by atoms with Crippen molar-refractivity contribution in [3.63, 3.8) is 0 Å². The monoisotopic (exact) mass is 226 g/mol. The molecule has 2 N–H and O–H groups in total. The third-order valence-corrected chi connectivity index (χ3v) is 3.80. The predicted molar refractivity (Wildman–Crippen MR) is 62.2 cm³/mol. The standard InChI is InChI=1S/C12H22N2O2/c1-10-4-2-7-14(8-10)11(15)13-9-12(16)5-3-6-12/h10,16H,2-9H2,1H3,(H,13,15). The number of piperidine rings is 1. The molecule has 16 heavy (non-hydrogen) atoms. The van der Waals surface area contributed by atoms with Crippen LogP contribution in [-0.4, -0.2) is 41.3 Å². The van der Waals surface area contributed by atoms with E-state index in [0.29, 0.717) is 12.5 Å². The molecule has 92 valence electrons. The van der Waals surface area contributed by atoms with Crippen LogP contribution in [0.3, 0.4) is 0 Å². The first-order chi connectivity index (χ1) is 7.59. The van der Waals surface area contributed by atoms with Crippen LogP contribution < -0.4 is 5.32 Å². The smallest absolute Gasteiger partial charge is 0.317 e. The van der Waals surface area contributed by atoms with Crippen LogP contribution in [-0.2, 0) is 0 Å². The molecule has 4 nitrogen and oxygen atoms in total. The van der Waals surface area contributed by atoms with Gasteiger partial charge < -0.3 is 15.3 Å². The maximum atomic E-state index is 11.8. The Labute approximate surface area is 97.0 Å². The molecule has 0 radical (unpaired) electrons. The third-order valence-electron chi connectivity index (χ3n) is 3.80. The zero-order valence-corrected chi connectivity index (χ0v) is 10.0. The van der Waals surface area contributed by atoms with Crippen molar-refractivity contribution in [1.29, 1.82) is 0 Å². The van der Waals surface area contributed by atoms with Gasteiger partial charge in [0.2, 0.25) is 0 Å². The van der Waals surface area contributed by atoms with Gasteiger partial charge in [0.1, 0.15) is 0 Å². The summed E-state index contributed by atoms with van der Waals surface area (Å²) in [7, 11) is 0. The van der Waals surface area contributed by atoms with Gasteiger partial charge in [-0.25, -0.2) is 4.79 Å². The van der Waals surface area contributed by atoms with E-state index in [2.05, 4.69) is 12.2 Å². The summed E-state index contributed by atoms with van der Waals surface area (Å²) in [5, 5.41) is 12.7. The Kier molecular flexibility index (Phi) is 3.38. The van der Waals surface area contributed by atoms with Crippen LogP contribution >= 0.6 is 0 Å². The molecule has 1 saturated carbocycles. The highest BCUT2D eigenvalue weighted by molar-refractivity contribution is 5.74. The van der Waals surface area contributed by atoms with Gasteiger partial charge in [0.05, 0.1) is 5.60 Å². The number of nitrogens with zero attached hydrogens (tertiary/aromatic N) is 1. The van der Waals surface area contributed by atoms with E-state index in [0.717, 1.165) is 38.8 Å². The number of hydrogen-bond acceptors (Lipinski definition) is 2. The molecule has 0 aromatic rings. The van der Waals surface area contributed by atoms with Gasteiger partial charge in [-0.2, -0.15) is 0 Å². The van der Waals surface area contributed by atoms with E-state index in [1.165, 1.54) is 6.42 Å². The first-order valence-corrected chi connectivity index (χ1v) is 6.34. The van der Waals surface area contributed by atoms with Gasteiger partial charge in [0.25, 0.3) is 0 Å². The molecular weight excluding hydrogens is 204 g/mol. The second kappa shape index (κ2) is 4.62. The lowest BCUT2D eigenvalue weighted by atomic mass is 9.80. The van der Waals surface area contributed by atoms with Crippen LogP contribution in [0.2, 0.25) is 0 Å². The van der Waals surface area contributed by atoms with E-state index in [9.17, 15) is 9.90 Å². The zero-order chi connectivity index (χ0) is 11.6. The minimum absolute atomic E-state index is 0.00752. The normalized spacial score (nSPS) is 28.4. The minimum atomic E-state index is -0.614. The molecule has 0 bridgehead atoms. The number of amides is 2. The highest BCUT2D eigenvalue weighted by atomic mass is 16.3.